The molecule has 0 atom stereocenters. The van der Waals surface area contributed by atoms with Crippen molar-refractivity contribution in [2.24, 2.45) is 0 Å². The van der Waals surface area contributed by atoms with Gasteiger partial charge >= 0.3 is 5.69 Å². The molecule has 164 valence electrons. The molecular weight excluding hydrogens is 440 g/mol. The van der Waals surface area contributed by atoms with E-state index < -0.39 is 11.7 Å². The van der Waals surface area contributed by atoms with E-state index in [1.165, 1.54) is 4.68 Å². The maximum atomic E-state index is 13.4. The number of aromatic nitrogens is 3. The van der Waals surface area contributed by atoms with Gasteiger partial charge in [0.05, 0.1) is 23.8 Å². The Balaban J connectivity index is 1.56. The number of benzene rings is 2. The summed E-state index contributed by atoms with van der Waals surface area (Å²) < 4.78 is 11.2. The van der Waals surface area contributed by atoms with Crippen molar-refractivity contribution >= 4 is 33.0 Å². The maximum Gasteiger partial charge on any atom is 0.312 e. The van der Waals surface area contributed by atoms with Crippen molar-refractivity contribution in [3.05, 3.63) is 76.8 Å². The van der Waals surface area contributed by atoms with Crippen molar-refractivity contribution < 1.29 is 23.8 Å². The molecule has 9 heteroatoms. The fraction of sp³-hybridized carbons (Fsp3) is 0.0833. The van der Waals surface area contributed by atoms with E-state index in [1.54, 1.807) is 19.2 Å². The number of nitrogens with zero attached hydrogens (tertiary/aromatic N) is 3. The molecular formula is C24H18N4O4S. The summed E-state index contributed by atoms with van der Waals surface area (Å²) in [5, 5.41) is 16.8. The Hall–Kier alpha value is -4.24. The molecule has 3 aromatic heterocycles. The molecule has 5 aromatic rings. The first-order valence-corrected chi connectivity index (χ1v) is 10.8. The molecule has 0 aliphatic rings. The predicted octanol–water partition coefficient (Wildman–Crippen LogP) is 3.43. The summed E-state index contributed by atoms with van der Waals surface area (Å²) in [4.78, 5) is 18.9. The van der Waals surface area contributed by atoms with Crippen molar-refractivity contribution in [1.29, 1.82) is 0 Å². The first kappa shape index (κ1) is 20.7. The fourth-order valence-corrected chi connectivity index (χ4v) is 4.53. The number of nitrogen functional groups attached to an aromatic ring is 1. The third-order valence-corrected chi connectivity index (χ3v) is 6.40. The molecule has 0 aliphatic carbocycles. The summed E-state index contributed by atoms with van der Waals surface area (Å²) in [6.07, 6.45) is 0. The molecule has 0 amide bonds. The number of anilines is 1. The largest absolute Gasteiger partial charge is 0.539 e. The Labute approximate surface area is 192 Å². The Kier molecular flexibility index (Phi) is 5.02. The van der Waals surface area contributed by atoms with Crippen LogP contribution in [0.5, 0.6) is 11.7 Å². The highest BCUT2D eigenvalue weighted by Crippen LogP contribution is 2.36. The highest BCUT2D eigenvalue weighted by atomic mass is 32.1. The van der Waals surface area contributed by atoms with Gasteiger partial charge in [0.15, 0.2) is 5.95 Å². The van der Waals surface area contributed by atoms with Crippen LogP contribution in [0.25, 0.3) is 27.2 Å². The van der Waals surface area contributed by atoms with Gasteiger partial charge in [-0.2, -0.15) is 0 Å². The molecule has 8 nitrogen and oxygen atoms in total. The smallest absolute Gasteiger partial charge is 0.312 e. The van der Waals surface area contributed by atoms with E-state index in [9.17, 15) is 9.90 Å². The van der Waals surface area contributed by atoms with Gasteiger partial charge < -0.3 is 20.1 Å². The van der Waals surface area contributed by atoms with Crippen LogP contribution in [-0.4, -0.2) is 23.1 Å². The molecule has 2 N–H and O–H groups in total. The third kappa shape index (κ3) is 3.58. The number of nitrogens with two attached hydrogens (primary N) is 1. The minimum absolute atomic E-state index is 0.213. The zero-order valence-electron chi connectivity index (χ0n) is 17.7. The number of hydrogen-bond donors (Lipinski definition) is 1. The summed E-state index contributed by atoms with van der Waals surface area (Å²) in [7, 11) is 1.61. The number of aryl methyl sites for hydroxylation is 1. The number of thiophene rings is 1. The van der Waals surface area contributed by atoms with Gasteiger partial charge in [0.2, 0.25) is 5.69 Å². The Morgan fingerprint density at radius 3 is 2.52 bits per heavy atom. The molecule has 0 fully saturated rings. The fourth-order valence-electron chi connectivity index (χ4n) is 3.50. The molecule has 0 radical (unpaired) electrons. The zero-order chi connectivity index (χ0) is 23.1. The Morgan fingerprint density at radius 1 is 1.09 bits per heavy atom. The normalized spacial score (nSPS) is 11.1. The number of ketones is 1. The lowest BCUT2D eigenvalue weighted by Crippen LogP contribution is -2.39. The molecule has 3 heterocycles. The van der Waals surface area contributed by atoms with E-state index in [2.05, 4.69) is 10.3 Å². The van der Waals surface area contributed by atoms with Gasteiger partial charge in [0.1, 0.15) is 15.5 Å². The van der Waals surface area contributed by atoms with Gasteiger partial charge in [-0.15, -0.1) is 11.3 Å². The molecule has 0 bridgehead atoms. The average Bonchev–Trinajstić information content (AvgIpc) is 3.39. The van der Waals surface area contributed by atoms with Crippen LogP contribution in [0.4, 0.5) is 5.69 Å². The van der Waals surface area contributed by atoms with Crippen LogP contribution in [0.3, 0.4) is 0 Å². The molecule has 2 aromatic carbocycles. The summed E-state index contributed by atoms with van der Waals surface area (Å²) >= 11 is 1.13. The van der Waals surface area contributed by atoms with E-state index in [4.69, 9.17) is 15.0 Å². The minimum Gasteiger partial charge on any atom is -0.539 e. The number of carbonyl (C=O) groups excluding carboxylic acids is 1. The van der Waals surface area contributed by atoms with E-state index in [0.717, 1.165) is 33.9 Å². The lowest BCUT2D eigenvalue weighted by Gasteiger charge is -2.03. The zero-order valence-corrected chi connectivity index (χ0v) is 18.6. The second-order valence-electron chi connectivity index (χ2n) is 7.41. The second kappa shape index (κ2) is 8.03. The minimum atomic E-state index is -0.829. The Bertz CT molecular complexity index is 1490. The van der Waals surface area contributed by atoms with Crippen molar-refractivity contribution in [3.8, 4) is 28.6 Å². The Morgan fingerprint density at radius 2 is 1.82 bits per heavy atom. The number of ether oxygens (including phenoxy) is 1. The first-order valence-electron chi connectivity index (χ1n) is 10.0. The van der Waals surface area contributed by atoms with Crippen LogP contribution < -0.4 is 20.3 Å². The summed E-state index contributed by atoms with van der Waals surface area (Å²) in [5.41, 5.74) is 9.55. The van der Waals surface area contributed by atoms with Crippen molar-refractivity contribution in [3.63, 3.8) is 0 Å². The standard InChI is InChI=1S/C24H18N4O4S/c1-13-3-7-15(8-4-13)28-20(24(30)32-27-28)21(29)22-19(25)17-11-12-18(26-23(17)33-22)14-5-9-16(31-2)10-6-14/h3-12H,1-2H3,(H2-,25,27,29,30). The number of fused-ring (bicyclic) bond motifs is 1. The molecule has 0 aliphatic heterocycles. The number of hydrogen-bond acceptors (Lipinski definition) is 8. The van der Waals surface area contributed by atoms with Crippen LogP contribution in [0.2, 0.25) is 0 Å². The maximum absolute atomic E-state index is 13.4. The van der Waals surface area contributed by atoms with Gasteiger partial charge in [-0.3, -0.25) is 4.79 Å². The monoisotopic (exact) mass is 458 g/mol. The lowest BCUT2D eigenvalue weighted by atomic mass is 10.1. The van der Waals surface area contributed by atoms with E-state index in [-0.39, 0.29) is 16.3 Å². The van der Waals surface area contributed by atoms with Gasteiger partial charge in [-0.1, -0.05) is 17.7 Å². The van der Waals surface area contributed by atoms with Crippen molar-refractivity contribution in [2.45, 2.75) is 6.92 Å². The number of methoxy groups -OCH3 is 1. The van der Waals surface area contributed by atoms with Gasteiger partial charge in [0.25, 0.3) is 5.78 Å². The van der Waals surface area contributed by atoms with Crippen LogP contribution in [0, 0.1) is 6.92 Å². The van der Waals surface area contributed by atoms with Gasteiger partial charge in [0, 0.05) is 23.1 Å². The van der Waals surface area contributed by atoms with Gasteiger partial charge in [-0.05, 0) is 48.0 Å². The number of pyridine rings is 1. The van der Waals surface area contributed by atoms with E-state index in [0.29, 0.717) is 15.9 Å². The molecule has 0 spiro atoms. The first-order chi connectivity index (χ1) is 16.0. The van der Waals surface area contributed by atoms with Gasteiger partial charge in [-0.25, -0.2) is 4.98 Å². The van der Waals surface area contributed by atoms with Crippen LogP contribution >= 0.6 is 11.3 Å². The van der Waals surface area contributed by atoms with E-state index >= 15 is 0 Å². The SMILES string of the molecule is COc1ccc(-c2ccc3c(N)c(C(=O)c4c([O-])on[n+]4-c4ccc(C)cc4)sc3n2)cc1. The number of rotatable bonds is 5. The predicted molar refractivity (Wildman–Crippen MR) is 122 cm³/mol. The molecule has 0 saturated heterocycles. The molecule has 33 heavy (non-hydrogen) atoms. The topological polar surface area (TPSA) is 118 Å². The van der Waals surface area contributed by atoms with Crippen LogP contribution in [-0.2, 0) is 0 Å². The quantitative estimate of drug-likeness (QED) is 0.317. The summed E-state index contributed by atoms with van der Waals surface area (Å²) in [6, 6.07) is 18.4. The summed E-state index contributed by atoms with van der Waals surface area (Å²) in [6.45, 7) is 1.94. The lowest BCUT2D eigenvalue weighted by molar-refractivity contribution is -0.672. The van der Waals surface area contributed by atoms with Crippen molar-refractivity contribution in [2.75, 3.05) is 12.8 Å². The highest BCUT2D eigenvalue weighted by molar-refractivity contribution is 7.21. The summed E-state index contributed by atoms with van der Waals surface area (Å²) in [5.74, 6) is -0.644. The molecule has 0 unspecified atom stereocenters. The average molecular weight is 458 g/mol. The van der Waals surface area contributed by atoms with Crippen molar-refractivity contribution in [1.82, 2.24) is 10.3 Å². The molecule has 0 saturated carbocycles. The second-order valence-corrected chi connectivity index (χ2v) is 8.41. The molecule has 5 rings (SSSR count). The van der Waals surface area contributed by atoms with Crippen LogP contribution in [0.15, 0.2) is 65.2 Å². The highest BCUT2D eigenvalue weighted by Gasteiger charge is 2.32. The van der Waals surface area contributed by atoms with Crippen LogP contribution in [0.1, 0.15) is 20.9 Å². The van der Waals surface area contributed by atoms with E-state index in [1.807, 2.05) is 55.5 Å². The third-order valence-electron chi connectivity index (χ3n) is 5.29. The number of carbonyl (C=O) groups is 1.